The van der Waals surface area contributed by atoms with Crippen molar-refractivity contribution in [2.24, 2.45) is 7.05 Å². The molecule has 0 saturated carbocycles. The number of Topliss-reactive ketones (excluding diaryl/α,β-unsaturated/α-hetero) is 1. The molecule has 0 amide bonds. The lowest BCUT2D eigenvalue weighted by Crippen LogP contribution is -2.23. The van der Waals surface area contributed by atoms with E-state index >= 15 is 0 Å². The van der Waals surface area contributed by atoms with Gasteiger partial charge in [-0.2, -0.15) is 5.10 Å². The van der Waals surface area contributed by atoms with Crippen LogP contribution in [0.3, 0.4) is 0 Å². The maximum Gasteiger partial charge on any atom is 0.262 e. The summed E-state index contributed by atoms with van der Waals surface area (Å²) < 4.78 is 30.8. The molecule has 2 aromatic heterocycles. The number of ketones is 1. The van der Waals surface area contributed by atoms with E-state index in [2.05, 4.69) is 5.10 Å². The second kappa shape index (κ2) is 7.24. The highest BCUT2D eigenvalue weighted by Crippen LogP contribution is 2.25. The number of fused-ring (bicyclic) bond motifs is 3. The van der Waals surface area contributed by atoms with Gasteiger partial charge in [0.2, 0.25) is 0 Å². The normalized spacial score (nSPS) is 11.4. The lowest BCUT2D eigenvalue weighted by Gasteiger charge is -2.12. The molecule has 0 aliphatic heterocycles. The quantitative estimate of drug-likeness (QED) is 0.518. The molecule has 4 aromatic rings. The van der Waals surface area contributed by atoms with Crippen LogP contribution >= 0.6 is 0 Å². The molecule has 0 bridgehead atoms. The number of halogens is 2. The first-order chi connectivity index (χ1) is 13.9. The van der Waals surface area contributed by atoms with Crippen molar-refractivity contribution in [3.05, 3.63) is 75.7 Å². The molecule has 2 heterocycles. The summed E-state index contributed by atoms with van der Waals surface area (Å²) in [6.07, 6.45) is -0.0213. The molecular weight excluding hydrogens is 376 g/mol. The summed E-state index contributed by atoms with van der Waals surface area (Å²) in [5, 5.41) is 5.46. The molecule has 29 heavy (non-hydrogen) atoms. The Bertz CT molecular complexity index is 1320. The third-order valence-corrected chi connectivity index (χ3v) is 5.15. The van der Waals surface area contributed by atoms with Gasteiger partial charge < -0.3 is 4.57 Å². The Morgan fingerprint density at radius 3 is 2.66 bits per heavy atom. The summed E-state index contributed by atoms with van der Waals surface area (Å²) in [5.41, 5.74) is 1.62. The van der Waals surface area contributed by atoms with E-state index in [-0.39, 0.29) is 30.7 Å². The fourth-order valence-electron chi connectivity index (χ4n) is 3.80. The molecule has 4 rings (SSSR count). The molecule has 0 radical (unpaired) electrons. The van der Waals surface area contributed by atoms with E-state index in [1.807, 2.05) is 0 Å². The maximum atomic E-state index is 13.9. The van der Waals surface area contributed by atoms with Crippen molar-refractivity contribution in [3.8, 4) is 0 Å². The van der Waals surface area contributed by atoms with Crippen LogP contribution in [-0.2, 0) is 24.8 Å². The zero-order valence-electron chi connectivity index (χ0n) is 16.1. The Labute approximate surface area is 165 Å². The predicted molar refractivity (Wildman–Crippen MR) is 107 cm³/mol. The fraction of sp³-hybridized carbons (Fsp3) is 0.227. The number of nitrogens with zero attached hydrogens (tertiary/aromatic N) is 3. The number of rotatable bonds is 5. The average Bonchev–Trinajstić information content (AvgIpc) is 2.98. The van der Waals surface area contributed by atoms with E-state index in [1.165, 1.54) is 22.8 Å². The first kappa shape index (κ1) is 19.0. The zero-order valence-corrected chi connectivity index (χ0v) is 16.1. The first-order valence-corrected chi connectivity index (χ1v) is 9.27. The number of carbonyl (C=O) groups excluding carboxylic acids is 1. The third-order valence-electron chi connectivity index (χ3n) is 5.15. The van der Waals surface area contributed by atoms with Gasteiger partial charge in [-0.05, 0) is 36.8 Å². The van der Waals surface area contributed by atoms with E-state index in [9.17, 15) is 18.4 Å². The summed E-state index contributed by atoms with van der Waals surface area (Å²) in [6, 6.07) is 10.4. The highest BCUT2D eigenvalue weighted by molar-refractivity contribution is 6.04. The summed E-state index contributed by atoms with van der Waals surface area (Å²) in [7, 11) is 1.74. The monoisotopic (exact) mass is 395 g/mol. The molecule has 0 N–H and O–H groups in total. The van der Waals surface area contributed by atoms with Crippen molar-refractivity contribution >= 4 is 27.6 Å². The molecule has 7 heteroatoms. The van der Waals surface area contributed by atoms with Gasteiger partial charge in [-0.25, -0.2) is 8.78 Å². The van der Waals surface area contributed by atoms with Crippen LogP contribution < -0.4 is 5.56 Å². The van der Waals surface area contributed by atoms with Crippen LogP contribution in [0.1, 0.15) is 17.7 Å². The van der Waals surface area contributed by atoms with Crippen LogP contribution in [-0.4, -0.2) is 20.1 Å². The smallest absolute Gasteiger partial charge is 0.262 e. The van der Waals surface area contributed by atoms with Crippen molar-refractivity contribution in [2.75, 3.05) is 0 Å². The second-order valence-electron chi connectivity index (χ2n) is 7.11. The molecule has 5 nitrogen and oxygen atoms in total. The standard InChI is InChI=1S/C22H19F2N3O2/c1-13-20-21(26(2)25-13)17-8-7-15(23)12-19(17)27(22(20)29)10-9-16(28)11-14-5-3-4-6-18(14)24/h3-8,12H,9-11H2,1-2H3. The van der Waals surface area contributed by atoms with Gasteiger partial charge in [0, 0.05) is 31.8 Å². The molecule has 0 saturated heterocycles. The number of hydrogen-bond acceptors (Lipinski definition) is 3. The Kier molecular flexibility index (Phi) is 4.74. The van der Waals surface area contributed by atoms with Crippen LogP contribution in [0.15, 0.2) is 47.3 Å². The summed E-state index contributed by atoms with van der Waals surface area (Å²) in [4.78, 5) is 25.5. The van der Waals surface area contributed by atoms with Crippen molar-refractivity contribution in [3.63, 3.8) is 0 Å². The predicted octanol–water partition coefficient (Wildman–Crippen LogP) is 3.68. The second-order valence-corrected chi connectivity index (χ2v) is 7.11. The topological polar surface area (TPSA) is 56.9 Å². The van der Waals surface area contributed by atoms with Crippen LogP contribution in [0.25, 0.3) is 21.8 Å². The van der Waals surface area contributed by atoms with Gasteiger partial charge in [0.05, 0.1) is 22.1 Å². The van der Waals surface area contributed by atoms with Gasteiger partial charge in [-0.1, -0.05) is 18.2 Å². The van der Waals surface area contributed by atoms with Crippen LogP contribution in [0, 0.1) is 18.6 Å². The van der Waals surface area contributed by atoms with E-state index in [4.69, 9.17) is 0 Å². The molecular formula is C22H19F2N3O2. The van der Waals surface area contributed by atoms with E-state index < -0.39 is 11.6 Å². The first-order valence-electron chi connectivity index (χ1n) is 9.27. The Morgan fingerprint density at radius 1 is 1.14 bits per heavy atom. The third kappa shape index (κ3) is 3.33. The minimum Gasteiger partial charge on any atom is -0.307 e. The van der Waals surface area contributed by atoms with Crippen molar-refractivity contribution in [1.82, 2.24) is 14.3 Å². The van der Waals surface area contributed by atoms with E-state index in [0.717, 1.165) is 0 Å². The summed E-state index contributed by atoms with van der Waals surface area (Å²) in [6.45, 7) is 1.82. The Morgan fingerprint density at radius 2 is 1.90 bits per heavy atom. The number of carbonyl (C=O) groups is 1. The Hall–Kier alpha value is -3.35. The summed E-state index contributed by atoms with van der Waals surface area (Å²) in [5.74, 6) is -1.10. The lowest BCUT2D eigenvalue weighted by molar-refractivity contribution is -0.118. The molecule has 0 atom stereocenters. The average molecular weight is 395 g/mol. The molecule has 0 aliphatic rings. The number of hydrogen-bond donors (Lipinski definition) is 0. The minimum absolute atomic E-state index is 0.0324. The Balaban J connectivity index is 1.75. The molecule has 0 spiro atoms. The van der Waals surface area contributed by atoms with Crippen molar-refractivity contribution in [2.45, 2.75) is 26.3 Å². The SMILES string of the molecule is Cc1nn(C)c2c1c(=O)n(CCC(=O)Cc1ccccc1F)c1cc(F)ccc21. The van der Waals surface area contributed by atoms with Gasteiger partial charge in [-0.15, -0.1) is 0 Å². The van der Waals surface area contributed by atoms with E-state index in [1.54, 1.807) is 42.9 Å². The summed E-state index contributed by atoms with van der Waals surface area (Å²) >= 11 is 0. The molecule has 0 aliphatic carbocycles. The van der Waals surface area contributed by atoms with Crippen molar-refractivity contribution < 1.29 is 13.6 Å². The van der Waals surface area contributed by atoms with Gasteiger partial charge in [-0.3, -0.25) is 14.3 Å². The number of aromatic nitrogens is 3. The van der Waals surface area contributed by atoms with Gasteiger partial charge in [0.1, 0.15) is 17.4 Å². The largest absolute Gasteiger partial charge is 0.307 e. The van der Waals surface area contributed by atoms with Crippen LogP contribution in [0.4, 0.5) is 8.78 Å². The van der Waals surface area contributed by atoms with Crippen LogP contribution in [0.2, 0.25) is 0 Å². The molecule has 0 fully saturated rings. The van der Waals surface area contributed by atoms with Gasteiger partial charge in [0.15, 0.2) is 0 Å². The minimum atomic E-state index is -0.471. The molecule has 2 aromatic carbocycles. The maximum absolute atomic E-state index is 13.9. The van der Waals surface area contributed by atoms with E-state index in [0.29, 0.717) is 33.1 Å². The lowest BCUT2D eigenvalue weighted by atomic mass is 10.1. The number of benzene rings is 2. The fourth-order valence-corrected chi connectivity index (χ4v) is 3.80. The zero-order chi connectivity index (χ0) is 20.7. The molecule has 148 valence electrons. The number of aryl methyl sites for hydroxylation is 3. The van der Waals surface area contributed by atoms with Gasteiger partial charge in [0.25, 0.3) is 5.56 Å². The van der Waals surface area contributed by atoms with Crippen molar-refractivity contribution in [1.29, 1.82) is 0 Å². The van der Waals surface area contributed by atoms with Gasteiger partial charge >= 0.3 is 0 Å². The highest BCUT2D eigenvalue weighted by Gasteiger charge is 2.18. The molecule has 0 unspecified atom stereocenters. The number of pyridine rings is 1. The highest BCUT2D eigenvalue weighted by atomic mass is 19.1. The van der Waals surface area contributed by atoms with Crippen LogP contribution in [0.5, 0.6) is 0 Å².